The van der Waals surface area contributed by atoms with E-state index in [1.807, 2.05) is 24.3 Å². The van der Waals surface area contributed by atoms with Crippen LogP contribution in [0, 0.1) is 0 Å². The van der Waals surface area contributed by atoms with Gasteiger partial charge in [-0.2, -0.15) is 0 Å². The normalized spacial score (nSPS) is 9.76. The van der Waals surface area contributed by atoms with Gasteiger partial charge in [-0.05, 0) is 36.4 Å². The zero-order valence-corrected chi connectivity index (χ0v) is 11.6. The van der Waals surface area contributed by atoms with E-state index >= 15 is 0 Å². The highest BCUT2D eigenvalue weighted by Crippen LogP contribution is 2.16. The summed E-state index contributed by atoms with van der Waals surface area (Å²) in [5.41, 5.74) is 7.07. The minimum absolute atomic E-state index is 0.111. The molecule has 0 fully saturated rings. The standard InChI is InChI=1S/C16H16N2O3/c1-11(13-4-3-5-15(10-13)21-2)17-18-16(20)12-6-8-14(19)9-7-12/h3-10,17,19H,1H2,2H3,(H,18,20). The first-order chi connectivity index (χ1) is 10.1. The van der Waals surface area contributed by atoms with Crippen LogP contribution in [0.5, 0.6) is 11.5 Å². The zero-order valence-electron chi connectivity index (χ0n) is 11.6. The van der Waals surface area contributed by atoms with E-state index < -0.39 is 0 Å². The Morgan fingerprint density at radius 3 is 2.48 bits per heavy atom. The lowest BCUT2D eigenvalue weighted by Gasteiger charge is -2.12. The van der Waals surface area contributed by atoms with Crippen LogP contribution in [0.15, 0.2) is 55.1 Å². The minimum Gasteiger partial charge on any atom is -0.508 e. The van der Waals surface area contributed by atoms with E-state index in [2.05, 4.69) is 17.4 Å². The predicted octanol–water partition coefficient (Wildman–Crippen LogP) is 2.31. The van der Waals surface area contributed by atoms with Crippen molar-refractivity contribution in [1.82, 2.24) is 10.9 Å². The van der Waals surface area contributed by atoms with E-state index in [1.165, 1.54) is 24.3 Å². The quantitative estimate of drug-likeness (QED) is 0.737. The second-order valence-electron chi connectivity index (χ2n) is 4.34. The molecule has 3 N–H and O–H groups in total. The van der Waals surface area contributed by atoms with E-state index in [-0.39, 0.29) is 11.7 Å². The number of carbonyl (C=O) groups excluding carboxylic acids is 1. The summed E-state index contributed by atoms with van der Waals surface area (Å²) in [5, 5.41) is 9.18. The third kappa shape index (κ3) is 3.76. The fraction of sp³-hybridized carbons (Fsp3) is 0.0625. The first-order valence-corrected chi connectivity index (χ1v) is 6.29. The van der Waals surface area contributed by atoms with Crippen LogP contribution in [-0.2, 0) is 0 Å². The summed E-state index contributed by atoms with van der Waals surface area (Å²) >= 11 is 0. The van der Waals surface area contributed by atoms with Gasteiger partial charge in [0.2, 0.25) is 0 Å². The lowest BCUT2D eigenvalue weighted by atomic mass is 10.2. The Morgan fingerprint density at radius 2 is 1.81 bits per heavy atom. The molecule has 108 valence electrons. The topological polar surface area (TPSA) is 70.6 Å². The first-order valence-electron chi connectivity index (χ1n) is 6.29. The molecule has 1 amide bonds. The number of benzene rings is 2. The molecule has 2 aromatic rings. The summed E-state index contributed by atoms with van der Waals surface area (Å²) in [5.74, 6) is 0.500. The number of methoxy groups -OCH3 is 1. The fourth-order valence-corrected chi connectivity index (χ4v) is 1.70. The Hall–Kier alpha value is -2.95. The van der Waals surface area contributed by atoms with Crippen molar-refractivity contribution in [2.75, 3.05) is 7.11 Å². The number of carbonyl (C=O) groups is 1. The van der Waals surface area contributed by atoms with Crippen molar-refractivity contribution >= 4 is 11.6 Å². The number of hydrazine groups is 1. The highest BCUT2D eigenvalue weighted by atomic mass is 16.5. The van der Waals surface area contributed by atoms with Gasteiger partial charge in [-0.1, -0.05) is 18.7 Å². The van der Waals surface area contributed by atoms with Gasteiger partial charge in [-0.3, -0.25) is 15.6 Å². The summed E-state index contributed by atoms with van der Waals surface area (Å²) in [6.07, 6.45) is 0. The Morgan fingerprint density at radius 1 is 1.10 bits per heavy atom. The number of ether oxygens (including phenoxy) is 1. The second kappa shape index (κ2) is 6.47. The van der Waals surface area contributed by atoms with E-state index in [9.17, 15) is 9.90 Å². The van der Waals surface area contributed by atoms with E-state index in [0.29, 0.717) is 17.0 Å². The summed E-state index contributed by atoms with van der Waals surface area (Å²) in [7, 11) is 1.59. The molecule has 0 aromatic heterocycles. The smallest absolute Gasteiger partial charge is 0.269 e. The van der Waals surface area contributed by atoms with Gasteiger partial charge in [0, 0.05) is 11.1 Å². The SMILES string of the molecule is C=C(NNC(=O)c1ccc(O)cc1)c1cccc(OC)c1. The number of nitrogens with one attached hydrogen (secondary N) is 2. The monoisotopic (exact) mass is 284 g/mol. The number of phenols is 1. The molecule has 2 rings (SSSR count). The van der Waals surface area contributed by atoms with Gasteiger partial charge in [0.25, 0.3) is 5.91 Å². The maximum atomic E-state index is 11.9. The average Bonchev–Trinajstić information content (AvgIpc) is 2.53. The molecule has 5 heteroatoms. The maximum absolute atomic E-state index is 11.9. The summed E-state index contributed by atoms with van der Waals surface area (Å²) in [6, 6.07) is 13.3. The van der Waals surface area contributed by atoms with Crippen LogP contribution in [0.3, 0.4) is 0 Å². The van der Waals surface area contributed by atoms with Gasteiger partial charge in [0.1, 0.15) is 11.5 Å². The van der Waals surface area contributed by atoms with E-state index in [4.69, 9.17) is 4.74 Å². The number of aromatic hydroxyl groups is 1. The molecular formula is C16H16N2O3. The van der Waals surface area contributed by atoms with Gasteiger partial charge >= 0.3 is 0 Å². The molecule has 0 aliphatic carbocycles. The predicted molar refractivity (Wildman–Crippen MR) is 80.7 cm³/mol. The van der Waals surface area contributed by atoms with Crippen molar-refractivity contribution in [2.24, 2.45) is 0 Å². The van der Waals surface area contributed by atoms with Gasteiger partial charge in [-0.25, -0.2) is 0 Å². The summed E-state index contributed by atoms with van der Waals surface area (Å²) in [6.45, 7) is 3.86. The van der Waals surface area contributed by atoms with Crippen molar-refractivity contribution in [3.05, 3.63) is 66.2 Å². The third-order valence-electron chi connectivity index (χ3n) is 2.87. The van der Waals surface area contributed by atoms with Crippen LogP contribution < -0.4 is 15.6 Å². The Labute approximate surface area is 122 Å². The summed E-state index contributed by atoms with van der Waals surface area (Å²) in [4.78, 5) is 11.9. The molecule has 0 saturated heterocycles. The summed E-state index contributed by atoms with van der Waals surface area (Å²) < 4.78 is 5.13. The largest absolute Gasteiger partial charge is 0.508 e. The Balaban J connectivity index is 1.97. The molecular weight excluding hydrogens is 268 g/mol. The number of hydrogen-bond donors (Lipinski definition) is 3. The van der Waals surface area contributed by atoms with Crippen LogP contribution >= 0.6 is 0 Å². The van der Waals surface area contributed by atoms with Crippen LogP contribution in [0.1, 0.15) is 15.9 Å². The maximum Gasteiger partial charge on any atom is 0.269 e. The molecule has 0 atom stereocenters. The van der Waals surface area contributed by atoms with Gasteiger partial charge in [-0.15, -0.1) is 0 Å². The Bertz CT molecular complexity index is 651. The number of phenolic OH excluding ortho intramolecular Hbond substituents is 1. The van der Waals surface area contributed by atoms with Crippen LogP contribution in [0.2, 0.25) is 0 Å². The lowest BCUT2D eigenvalue weighted by molar-refractivity contribution is 0.0942. The molecule has 0 heterocycles. The molecule has 2 aromatic carbocycles. The van der Waals surface area contributed by atoms with Crippen molar-refractivity contribution in [1.29, 1.82) is 0 Å². The van der Waals surface area contributed by atoms with E-state index in [1.54, 1.807) is 7.11 Å². The van der Waals surface area contributed by atoms with Crippen LogP contribution in [-0.4, -0.2) is 18.1 Å². The molecule has 21 heavy (non-hydrogen) atoms. The number of hydrogen-bond acceptors (Lipinski definition) is 4. The molecule has 0 spiro atoms. The van der Waals surface area contributed by atoms with Crippen LogP contribution in [0.4, 0.5) is 0 Å². The van der Waals surface area contributed by atoms with Crippen molar-refractivity contribution in [3.63, 3.8) is 0 Å². The Kier molecular flexibility index (Phi) is 4.46. The molecule has 5 nitrogen and oxygen atoms in total. The first kappa shape index (κ1) is 14.5. The zero-order chi connectivity index (χ0) is 15.2. The van der Waals surface area contributed by atoms with Gasteiger partial charge < -0.3 is 9.84 Å². The molecule has 0 aliphatic rings. The minimum atomic E-state index is -0.320. The number of amides is 1. The van der Waals surface area contributed by atoms with Crippen molar-refractivity contribution < 1.29 is 14.6 Å². The van der Waals surface area contributed by atoms with Gasteiger partial charge in [0.15, 0.2) is 0 Å². The molecule has 0 aliphatic heterocycles. The third-order valence-corrected chi connectivity index (χ3v) is 2.87. The highest BCUT2D eigenvalue weighted by molar-refractivity contribution is 5.94. The molecule has 0 saturated carbocycles. The highest BCUT2D eigenvalue weighted by Gasteiger charge is 2.06. The second-order valence-corrected chi connectivity index (χ2v) is 4.34. The lowest BCUT2D eigenvalue weighted by Crippen LogP contribution is -2.35. The van der Waals surface area contributed by atoms with Crippen LogP contribution in [0.25, 0.3) is 5.70 Å². The molecule has 0 radical (unpaired) electrons. The van der Waals surface area contributed by atoms with Crippen molar-refractivity contribution in [2.45, 2.75) is 0 Å². The molecule has 0 bridgehead atoms. The number of rotatable bonds is 5. The van der Waals surface area contributed by atoms with Crippen molar-refractivity contribution in [3.8, 4) is 11.5 Å². The van der Waals surface area contributed by atoms with Gasteiger partial charge in [0.05, 0.1) is 12.8 Å². The molecule has 0 unspecified atom stereocenters. The average molecular weight is 284 g/mol. The van der Waals surface area contributed by atoms with E-state index in [0.717, 1.165) is 5.56 Å². The fourth-order valence-electron chi connectivity index (χ4n) is 1.70.